The minimum absolute atomic E-state index is 0.325. The normalized spacial score (nSPS) is 10.5. The fraction of sp³-hybridized carbons (Fsp3) is 0.353. The Balaban J connectivity index is 0.000000515. The molecule has 0 spiro atoms. The van der Waals surface area contributed by atoms with E-state index in [4.69, 9.17) is 15.9 Å². The van der Waals surface area contributed by atoms with Gasteiger partial charge in [-0.05, 0) is 29.0 Å². The van der Waals surface area contributed by atoms with Crippen molar-refractivity contribution in [3.05, 3.63) is 47.0 Å². The molecule has 6 heteroatoms. The largest absolute Gasteiger partial charge is 0.478 e. The summed E-state index contributed by atoms with van der Waals surface area (Å²) in [6.45, 7) is 8.44. The smallest absolute Gasteiger partial charge is 0.328 e. The maximum Gasteiger partial charge on any atom is 0.328 e. The quantitative estimate of drug-likeness (QED) is 0.721. The molecule has 0 saturated heterocycles. The Morgan fingerprint density at radius 2 is 1.43 bits per heavy atom. The molecular weight excluding hydrogens is 298 g/mol. The van der Waals surface area contributed by atoms with E-state index in [-0.39, 0.29) is 5.91 Å². The summed E-state index contributed by atoms with van der Waals surface area (Å²) in [5, 5.41) is 15.6. The van der Waals surface area contributed by atoms with Crippen LogP contribution in [-0.4, -0.2) is 28.1 Å². The van der Waals surface area contributed by atoms with Gasteiger partial charge in [0.2, 0.25) is 5.91 Å². The van der Waals surface area contributed by atoms with Crippen molar-refractivity contribution >= 4 is 17.8 Å². The highest BCUT2D eigenvalue weighted by Gasteiger charge is 2.16. The lowest BCUT2D eigenvalue weighted by atomic mass is 9.87. The van der Waals surface area contributed by atoms with Crippen LogP contribution < -0.4 is 5.73 Å². The Kier molecular flexibility index (Phi) is 8.33. The highest BCUT2D eigenvalue weighted by molar-refractivity contribution is 5.95. The van der Waals surface area contributed by atoms with E-state index in [1.54, 1.807) is 0 Å². The van der Waals surface area contributed by atoms with E-state index in [1.165, 1.54) is 5.56 Å². The molecule has 1 aromatic carbocycles. The summed E-state index contributed by atoms with van der Waals surface area (Å²) >= 11 is 0. The predicted octanol–water partition coefficient (Wildman–Crippen LogP) is 2.74. The summed E-state index contributed by atoms with van der Waals surface area (Å²) in [4.78, 5) is 30.4. The monoisotopic (exact) mass is 321 g/mol. The van der Waals surface area contributed by atoms with Crippen molar-refractivity contribution < 1.29 is 24.6 Å². The van der Waals surface area contributed by atoms with Crippen molar-refractivity contribution in [2.45, 2.75) is 39.5 Å². The third-order valence-corrected chi connectivity index (χ3v) is 2.97. The Morgan fingerprint density at radius 3 is 1.74 bits per heavy atom. The van der Waals surface area contributed by atoms with Crippen molar-refractivity contribution in [2.75, 3.05) is 0 Å². The van der Waals surface area contributed by atoms with Gasteiger partial charge in [0.25, 0.3) is 0 Å². The van der Waals surface area contributed by atoms with Crippen LogP contribution in [-0.2, 0) is 9.59 Å². The Bertz CT molecular complexity index is 587. The first-order valence-corrected chi connectivity index (χ1v) is 7.14. The van der Waals surface area contributed by atoms with Crippen molar-refractivity contribution in [1.29, 1.82) is 0 Å². The molecule has 0 aliphatic rings. The second kappa shape index (κ2) is 9.40. The minimum Gasteiger partial charge on any atom is -0.478 e. The van der Waals surface area contributed by atoms with Gasteiger partial charge in [0.15, 0.2) is 0 Å². The summed E-state index contributed by atoms with van der Waals surface area (Å²) in [7, 11) is 0. The Morgan fingerprint density at radius 1 is 0.957 bits per heavy atom. The van der Waals surface area contributed by atoms with Gasteiger partial charge >= 0.3 is 11.9 Å². The maximum absolute atomic E-state index is 11.3. The third kappa shape index (κ3) is 7.26. The fourth-order valence-corrected chi connectivity index (χ4v) is 2.09. The summed E-state index contributed by atoms with van der Waals surface area (Å²) < 4.78 is 0. The SMILES string of the molecule is CC(C)c1cccc(C(N)=O)c1C(C)C.O=C(O)/C=C\C(=O)O. The molecule has 1 aromatic rings. The zero-order valence-corrected chi connectivity index (χ0v) is 13.7. The number of amides is 1. The van der Waals surface area contributed by atoms with Crippen LogP contribution in [0.1, 0.15) is 61.0 Å². The minimum atomic E-state index is -1.26. The molecule has 0 fully saturated rings. The van der Waals surface area contributed by atoms with Crippen molar-refractivity contribution in [3.63, 3.8) is 0 Å². The third-order valence-electron chi connectivity index (χ3n) is 2.97. The van der Waals surface area contributed by atoms with Gasteiger partial charge in [-0.1, -0.05) is 39.8 Å². The van der Waals surface area contributed by atoms with Crippen LogP contribution in [0.2, 0.25) is 0 Å². The first-order chi connectivity index (χ1) is 10.6. The number of carboxylic acids is 2. The molecule has 0 saturated carbocycles. The number of aliphatic carboxylic acids is 2. The number of rotatable bonds is 5. The molecular formula is C17H23NO5. The van der Waals surface area contributed by atoms with Gasteiger partial charge in [0.1, 0.15) is 0 Å². The predicted molar refractivity (Wildman–Crippen MR) is 87.5 cm³/mol. The number of hydrogen-bond donors (Lipinski definition) is 3. The number of carboxylic acid groups (broad SMARTS) is 2. The summed E-state index contributed by atoms with van der Waals surface area (Å²) in [6, 6.07) is 5.79. The van der Waals surface area contributed by atoms with E-state index in [0.717, 1.165) is 5.56 Å². The second-order valence-electron chi connectivity index (χ2n) is 5.49. The first-order valence-electron chi connectivity index (χ1n) is 7.14. The molecule has 0 atom stereocenters. The molecule has 1 rings (SSSR count). The van der Waals surface area contributed by atoms with Crippen LogP contribution in [0.25, 0.3) is 0 Å². The number of nitrogens with two attached hydrogens (primary N) is 1. The molecule has 0 unspecified atom stereocenters. The summed E-state index contributed by atoms with van der Waals surface area (Å²) in [5.41, 5.74) is 8.37. The Labute approximate surface area is 135 Å². The summed E-state index contributed by atoms with van der Waals surface area (Å²) in [6.07, 6.45) is 1.12. The molecule has 0 bridgehead atoms. The lowest BCUT2D eigenvalue weighted by Gasteiger charge is -2.18. The molecule has 0 heterocycles. The van der Waals surface area contributed by atoms with Crippen LogP contribution in [0.5, 0.6) is 0 Å². The van der Waals surface area contributed by atoms with Crippen molar-refractivity contribution in [2.24, 2.45) is 5.73 Å². The zero-order chi connectivity index (χ0) is 18.2. The lowest BCUT2D eigenvalue weighted by Crippen LogP contribution is -2.16. The molecule has 1 amide bonds. The highest BCUT2D eigenvalue weighted by atomic mass is 16.4. The molecule has 0 aromatic heterocycles. The summed E-state index contributed by atoms with van der Waals surface area (Å²) in [5.74, 6) is -2.10. The van der Waals surface area contributed by atoms with E-state index in [2.05, 4.69) is 33.8 Å². The first kappa shape index (κ1) is 20.4. The second-order valence-corrected chi connectivity index (χ2v) is 5.49. The molecule has 23 heavy (non-hydrogen) atoms. The average Bonchev–Trinajstić information content (AvgIpc) is 2.44. The number of primary amides is 1. The average molecular weight is 321 g/mol. The van der Waals surface area contributed by atoms with Crippen molar-refractivity contribution in [1.82, 2.24) is 0 Å². The fourth-order valence-electron chi connectivity index (χ4n) is 2.09. The van der Waals surface area contributed by atoms with E-state index in [9.17, 15) is 14.4 Å². The van der Waals surface area contributed by atoms with E-state index in [0.29, 0.717) is 29.6 Å². The van der Waals surface area contributed by atoms with E-state index >= 15 is 0 Å². The van der Waals surface area contributed by atoms with Gasteiger partial charge in [-0.3, -0.25) is 4.79 Å². The van der Waals surface area contributed by atoms with Gasteiger partial charge in [0, 0.05) is 17.7 Å². The standard InChI is InChI=1S/C13H19NO.C4H4O4/c1-8(2)10-6-5-7-11(13(14)15)12(10)9(3)4;5-3(6)1-2-4(7)8/h5-9H,1-4H3,(H2,14,15);1-2H,(H,5,6)(H,7,8)/b;2-1-. The van der Waals surface area contributed by atoms with Crippen LogP contribution in [0.15, 0.2) is 30.4 Å². The molecule has 6 nitrogen and oxygen atoms in total. The van der Waals surface area contributed by atoms with Crippen molar-refractivity contribution in [3.8, 4) is 0 Å². The van der Waals surface area contributed by atoms with E-state index < -0.39 is 11.9 Å². The van der Waals surface area contributed by atoms with Gasteiger partial charge in [0.05, 0.1) is 0 Å². The van der Waals surface area contributed by atoms with Gasteiger partial charge < -0.3 is 15.9 Å². The molecule has 0 aliphatic heterocycles. The zero-order valence-electron chi connectivity index (χ0n) is 13.7. The van der Waals surface area contributed by atoms with Crippen LogP contribution in [0.4, 0.5) is 0 Å². The van der Waals surface area contributed by atoms with Crippen LogP contribution in [0, 0.1) is 0 Å². The molecule has 0 radical (unpaired) electrons. The number of carbonyl (C=O) groups is 3. The van der Waals surface area contributed by atoms with Gasteiger partial charge in [-0.15, -0.1) is 0 Å². The van der Waals surface area contributed by atoms with E-state index in [1.807, 2.05) is 12.1 Å². The number of benzene rings is 1. The molecule has 126 valence electrons. The van der Waals surface area contributed by atoms with Gasteiger partial charge in [-0.2, -0.15) is 0 Å². The topological polar surface area (TPSA) is 118 Å². The van der Waals surface area contributed by atoms with Crippen LogP contribution >= 0.6 is 0 Å². The Hall–Kier alpha value is -2.63. The number of hydrogen-bond acceptors (Lipinski definition) is 3. The maximum atomic E-state index is 11.3. The van der Waals surface area contributed by atoms with Gasteiger partial charge in [-0.25, -0.2) is 9.59 Å². The molecule has 0 aliphatic carbocycles. The lowest BCUT2D eigenvalue weighted by molar-refractivity contribution is -0.134. The number of carbonyl (C=O) groups excluding carboxylic acids is 1. The highest BCUT2D eigenvalue weighted by Crippen LogP contribution is 2.28. The van der Waals surface area contributed by atoms with Crippen LogP contribution in [0.3, 0.4) is 0 Å². The molecule has 4 N–H and O–H groups in total.